The number of aromatic amines is 1. The second-order valence-corrected chi connectivity index (χ2v) is 4.86. The smallest absolute Gasteiger partial charge is 0.255 e. The molecule has 3 N–H and O–H groups in total. The van der Waals surface area contributed by atoms with Gasteiger partial charge in [0.15, 0.2) is 0 Å². The molecule has 112 valence electrons. The van der Waals surface area contributed by atoms with Gasteiger partial charge in [0.2, 0.25) is 5.91 Å². The molecule has 1 amide bonds. The van der Waals surface area contributed by atoms with Gasteiger partial charge in [0.25, 0.3) is 5.56 Å². The summed E-state index contributed by atoms with van der Waals surface area (Å²) in [6.07, 6.45) is 1.31. The lowest BCUT2D eigenvalue weighted by molar-refractivity contribution is -0.120. The lowest BCUT2D eigenvalue weighted by Crippen LogP contribution is -2.27. The van der Waals surface area contributed by atoms with Gasteiger partial charge in [-0.25, -0.2) is 0 Å². The highest BCUT2D eigenvalue weighted by atomic mass is 16.3. The van der Waals surface area contributed by atoms with Crippen molar-refractivity contribution in [1.82, 2.24) is 10.3 Å². The second kappa shape index (κ2) is 5.77. The van der Waals surface area contributed by atoms with E-state index in [1.807, 2.05) is 0 Å². The number of carbonyl (C=O) groups excluding carboxylic acids is 1. The van der Waals surface area contributed by atoms with Crippen LogP contribution in [0.15, 0.2) is 51.9 Å². The van der Waals surface area contributed by atoms with Crippen LogP contribution in [0.5, 0.6) is 5.75 Å². The van der Waals surface area contributed by atoms with E-state index in [0.29, 0.717) is 16.7 Å². The third-order valence-electron chi connectivity index (χ3n) is 3.37. The van der Waals surface area contributed by atoms with E-state index in [0.717, 1.165) is 0 Å². The van der Waals surface area contributed by atoms with E-state index in [1.165, 1.54) is 6.26 Å². The van der Waals surface area contributed by atoms with Crippen LogP contribution < -0.4 is 10.9 Å². The van der Waals surface area contributed by atoms with Crippen molar-refractivity contribution in [3.8, 4) is 5.75 Å². The third kappa shape index (κ3) is 2.71. The van der Waals surface area contributed by atoms with Gasteiger partial charge in [-0.15, -0.1) is 0 Å². The van der Waals surface area contributed by atoms with Crippen molar-refractivity contribution in [2.75, 3.05) is 0 Å². The van der Waals surface area contributed by atoms with Crippen molar-refractivity contribution in [2.24, 2.45) is 0 Å². The maximum atomic E-state index is 12.0. The van der Waals surface area contributed by atoms with E-state index in [1.54, 1.807) is 36.4 Å². The maximum Gasteiger partial charge on any atom is 0.255 e. The van der Waals surface area contributed by atoms with Crippen LogP contribution >= 0.6 is 0 Å². The number of pyridine rings is 1. The molecule has 0 spiro atoms. The summed E-state index contributed by atoms with van der Waals surface area (Å²) in [6, 6.07) is 10.3. The van der Waals surface area contributed by atoms with E-state index in [-0.39, 0.29) is 30.2 Å². The molecule has 3 aromatic rings. The van der Waals surface area contributed by atoms with E-state index >= 15 is 0 Å². The fourth-order valence-corrected chi connectivity index (χ4v) is 2.25. The summed E-state index contributed by atoms with van der Waals surface area (Å²) in [4.78, 5) is 26.6. The first kappa shape index (κ1) is 13.9. The molecular weight excluding hydrogens is 284 g/mol. The minimum Gasteiger partial charge on any atom is -0.507 e. The SMILES string of the molecule is O=C(Cc1c(O)c2ccccc2[nH]c1=O)NCc1ccco1. The molecule has 2 heterocycles. The minimum absolute atomic E-state index is 0.0515. The van der Waals surface area contributed by atoms with Gasteiger partial charge in [0.05, 0.1) is 30.3 Å². The molecule has 0 bridgehead atoms. The topological polar surface area (TPSA) is 95.3 Å². The fourth-order valence-electron chi connectivity index (χ4n) is 2.25. The van der Waals surface area contributed by atoms with Crippen LogP contribution in [0, 0.1) is 0 Å². The molecule has 0 saturated heterocycles. The van der Waals surface area contributed by atoms with Crippen LogP contribution in [-0.2, 0) is 17.8 Å². The zero-order valence-electron chi connectivity index (χ0n) is 11.6. The quantitative estimate of drug-likeness (QED) is 0.683. The van der Waals surface area contributed by atoms with E-state index < -0.39 is 5.56 Å². The van der Waals surface area contributed by atoms with Crippen LogP contribution in [0.1, 0.15) is 11.3 Å². The Balaban J connectivity index is 1.81. The van der Waals surface area contributed by atoms with Crippen LogP contribution in [0.3, 0.4) is 0 Å². The molecule has 1 aromatic carbocycles. The highest BCUT2D eigenvalue weighted by molar-refractivity contribution is 5.88. The van der Waals surface area contributed by atoms with Crippen LogP contribution in [0.4, 0.5) is 0 Å². The van der Waals surface area contributed by atoms with Crippen molar-refractivity contribution in [1.29, 1.82) is 0 Å². The number of nitrogens with one attached hydrogen (secondary N) is 2. The normalized spacial score (nSPS) is 10.7. The molecule has 6 heteroatoms. The largest absolute Gasteiger partial charge is 0.507 e. The monoisotopic (exact) mass is 298 g/mol. The number of aromatic nitrogens is 1. The Morgan fingerprint density at radius 3 is 2.82 bits per heavy atom. The zero-order chi connectivity index (χ0) is 15.5. The summed E-state index contributed by atoms with van der Waals surface area (Å²) in [7, 11) is 0. The maximum absolute atomic E-state index is 12.0. The molecular formula is C16H14N2O4. The van der Waals surface area contributed by atoms with E-state index in [4.69, 9.17) is 4.42 Å². The molecule has 22 heavy (non-hydrogen) atoms. The molecule has 0 radical (unpaired) electrons. The molecule has 0 aliphatic rings. The Bertz CT molecular complexity index is 865. The number of para-hydroxylation sites is 1. The van der Waals surface area contributed by atoms with Gasteiger partial charge in [-0.2, -0.15) is 0 Å². The Morgan fingerprint density at radius 2 is 2.05 bits per heavy atom. The molecule has 2 aromatic heterocycles. The van der Waals surface area contributed by atoms with Crippen molar-refractivity contribution < 1.29 is 14.3 Å². The number of benzene rings is 1. The van der Waals surface area contributed by atoms with Gasteiger partial charge in [-0.05, 0) is 24.3 Å². The highest BCUT2D eigenvalue weighted by Crippen LogP contribution is 2.24. The Morgan fingerprint density at radius 1 is 1.23 bits per heavy atom. The number of hydrogen-bond donors (Lipinski definition) is 3. The van der Waals surface area contributed by atoms with Gasteiger partial charge in [0, 0.05) is 5.39 Å². The lowest BCUT2D eigenvalue weighted by atomic mass is 10.1. The standard InChI is InChI=1S/C16H14N2O4/c19-14(17-9-10-4-3-7-22-10)8-12-15(20)11-5-1-2-6-13(11)18-16(12)21/h1-7H,8-9H2,(H,17,19)(H2,18,20,21). The van der Waals surface area contributed by atoms with Crippen LogP contribution in [-0.4, -0.2) is 16.0 Å². The van der Waals surface area contributed by atoms with E-state index in [9.17, 15) is 14.7 Å². The second-order valence-electron chi connectivity index (χ2n) is 4.86. The number of hydrogen-bond acceptors (Lipinski definition) is 4. The van der Waals surface area contributed by atoms with Gasteiger partial charge in [-0.3, -0.25) is 9.59 Å². The van der Waals surface area contributed by atoms with Crippen LogP contribution in [0.2, 0.25) is 0 Å². The summed E-state index contributed by atoms with van der Waals surface area (Å²) >= 11 is 0. The van der Waals surface area contributed by atoms with E-state index in [2.05, 4.69) is 10.3 Å². The molecule has 0 atom stereocenters. The Hall–Kier alpha value is -3.02. The molecule has 0 unspecified atom stereocenters. The summed E-state index contributed by atoms with van der Waals surface area (Å²) in [5, 5.41) is 13.4. The summed E-state index contributed by atoms with van der Waals surface area (Å²) in [5.41, 5.74) is 0.115. The van der Waals surface area contributed by atoms with Crippen molar-refractivity contribution >= 4 is 16.8 Å². The fraction of sp³-hybridized carbons (Fsp3) is 0.125. The summed E-state index contributed by atoms with van der Waals surface area (Å²) in [6.45, 7) is 0.234. The lowest BCUT2D eigenvalue weighted by Gasteiger charge is -2.07. The van der Waals surface area contributed by atoms with Gasteiger partial charge in [0.1, 0.15) is 11.5 Å². The molecule has 0 aliphatic heterocycles. The number of carbonyl (C=O) groups is 1. The molecule has 0 saturated carbocycles. The average Bonchev–Trinajstić information content (AvgIpc) is 3.03. The van der Waals surface area contributed by atoms with Crippen molar-refractivity contribution in [3.63, 3.8) is 0 Å². The predicted molar refractivity (Wildman–Crippen MR) is 80.5 cm³/mol. The first-order valence-electron chi connectivity index (χ1n) is 6.77. The van der Waals surface area contributed by atoms with Crippen molar-refractivity contribution in [2.45, 2.75) is 13.0 Å². The van der Waals surface area contributed by atoms with Gasteiger partial charge >= 0.3 is 0 Å². The average molecular weight is 298 g/mol. The highest BCUT2D eigenvalue weighted by Gasteiger charge is 2.15. The Labute approximate surface area is 125 Å². The first-order valence-corrected chi connectivity index (χ1v) is 6.77. The number of H-pyrrole nitrogens is 1. The zero-order valence-corrected chi connectivity index (χ0v) is 11.6. The van der Waals surface area contributed by atoms with Crippen molar-refractivity contribution in [3.05, 3.63) is 64.3 Å². The number of fused-ring (bicyclic) bond motifs is 1. The number of rotatable bonds is 4. The Kier molecular flexibility index (Phi) is 3.65. The summed E-state index contributed by atoms with van der Waals surface area (Å²) in [5.74, 6) is 0.0879. The third-order valence-corrected chi connectivity index (χ3v) is 3.37. The number of aromatic hydroxyl groups is 1. The summed E-state index contributed by atoms with van der Waals surface area (Å²) < 4.78 is 5.11. The first-order chi connectivity index (χ1) is 10.6. The molecule has 0 aliphatic carbocycles. The van der Waals surface area contributed by atoms with Gasteiger partial charge in [-0.1, -0.05) is 12.1 Å². The molecule has 3 rings (SSSR count). The molecule has 6 nitrogen and oxygen atoms in total. The minimum atomic E-state index is -0.468. The molecule has 0 fully saturated rings. The number of furan rings is 1. The predicted octanol–water partition coefficient (Wildman–Crippen LogP) is 1.69. The number of amides is 1. The van der Waals surface area contributed by atoms with Crippen LogP contribution in [0.25, 0.3) is 10.9 Å². The van der Waals surface area contributed by atoms with Gasteiger partial charge < -0.3 is 19.8 Å².